The molecule has 0 saturated heterocycles. The third kappa shape index (κ3) is 4.39. The largest absolute Gasteiger partial charge is 0.305 e. The van der Waals surface area contributed by atoms with Crippen LogP contribution in [-0.4, -0.2) is 45.4 Å². The molecule has 2 aliphatic rings. The fourth-order valence-corrected chi connectivity index (χ4v) is 5.35. The highest BCUT2D eigenvalue weighted by molar-refractivity contribution is 6.18. The number of nitrogens with zero attached hydrogens (tertiary/aromatic N) is 5. The third-order valence-corrected chi connectivity index (χ3v) is 7.38. The molecular weight excluding hydrogens is 496 g/mol. The summed E-state index contributed by atoms with van der Waals surface area (Å²) >= 11 is 0. The molecule has 0 aliphatic carbocycles. The third-order valence-electron chi connectivity index (χ3n) is 7.38. The summed E-state index contributed by atoms with van der Waals surface area (Å²) in [6, 6.07) is 21.5. The summed E-state index contributed by atoms with van der Waals surface area (Å²) < 4.78 is 30.3. The maximum atomic E-state index is 14.2. The van der Waals surface area contributed by atoms with Crippen LogP contribution in [0, 0.1) is 17.6 Å². The van der Waals surface area contributed by atoms with E-state index in [4.69, 9.17) is 9.98 Å². The molecule has 8 heteroatoms. The molecule has 3 heterocycles. The van der Waals surface area contributed by atoms with Gasteiger partial charge in [0, 0.05) is 18.2 Å². The van der Waals surface area contributed by atoms with Gasteiger partial charge in [0.2, 0.25) is 5.96 Å². The fraction of sp³-hybridized carbons (Fsp3) is 0.258. The van der Waals surface area contributed by atoms with Gasteiger partial charge in [-0.25, -0.2) is 18.8 Å². The topological polar surface area (TPSA) is 53.7 Å². The van der Waals surface area contributed by atoms with E-state index in [2.05, 4.69) is 13.8 Å². The van der Waals surface area contributed by atoms with E-state index in [9.17, 15) is 13.6 Å². The monoisotopic (exact) mass is 525 g/mol. The first-order chi connectivity index (χ1) is 18.8. The summed E-state index contributed by atoms with van der Waals surface area (Å²) in [6.45, 7) is 7.34. The van der Waals surface area contributed by atoms with E-state index < -0.39 is 11.6 Å². The molecule has 0 unspecified atom stereocenters. The zero-order valence-electron chi connectivity index (χ0n) is 22.1. The molecule has 39 heavy (non-hydrogen) atoms. The van der Waals surface area contributed by atoms with Crippen molar-refractivity contribution in [3.8, 4) is 22.5 Å². The number of rotatable bonds is 6. The molecule has 1 amide bonds. The lowest BCUT2D eigenvalue weighted by Crippen LogP contribution is -2.50. The maximum absolute atomic E-state index is 14.2. The van der Waals surface area contributed by atoms with Crippen LogP contribution in [0.5, 0.6) is 0 Å². The van der Waals surface area contributed by atoms with Crippen molar-refractivity contribution >= 4 is 17.7 Å². The number of carbonyl (C=O) groups is 1. The number of halogens is 2. The molecule has 0 fully saturated rings. The lowest BCUT2D eigenvalue weighted by atomic mass is 10.0. The van der Waals surface area contributed by atoms with Crippen LogP contribution in [0.2, 0.25) is 0 Å². The average molecular weight is 526 g/mol. The molecule has 0 spiro atoms. The van der Waals surface area contributed by atoms with Gasteiger partial charge in [0.15, 0.2) is 5.69 Å². The Morgan fingerprint density at radius 3 is 2.21 bits per heavy atom. The van der Waals surface area contributed by atoms with Gasteiger partial charge < -0.3 is 4.57 Å². The van der Waals surface area contributed by atoms with E-state index in [0.717, 1.165) is 22.8 Å². The Labute approximate surface area is 226 Å². The molecule has 1 atom stereocenters. The Bertz CT molecular complexity index is 1560. The van der Waals surface area contributed by atoms with Crippen LogP contribution in [0.1, 0.15) is 36.8 Å². The molecular formula is C31H29F2N5O. The number of hydrogen-bond acceptors (Lipinski definition) is 4. The van der Waals surface area contributed by atoms with Gasteiger partial charge >= 0.3 is 0 Å². The molecule has 6 rings (SSSR count). The highest BCUT2D eigenvalue weighted by atomic mass is 19.1. The fourth-order valence-electron chi connectivity index (χ4n) is 5.35. The Morgan fingerprint density at radius 1 is 0.923 bits per heavy atom. The van der Waals surface area contributed by atoms with Crippen molar-refractivity contribution in [3.05, 3.63) is 95.7 Å². The average Bonchev–Trinajstić information content (AvgIpc) is 3.52. The van der Waals surface area contributed by atoms with Crippen molar-refractivity contribution < 1.29 is 13.6 Å². The van der Waals surface area contributed by atoms with Gasteiger partial charge in [-0.3, -0.25) is 14.6 Å². The second kappa shape index (κ2) is 9.76. The van der Waals surface area contributed by atoms with Crippen molar-refractivity contribution in [1.29, 1.82) is 0 Å². The van der Waals surface area contributed by atoms with Crippen LogP contribution < -0.4 is 4.90 Å². The van der Waals surface area contributed by atoms with Gasteiger partial charge in [0.25, 0.3) is 5.91 Å². The Morgan fingerprint density at radius 2 is 1.56 bits per heavy atom. The van der Waals surface area contributed by atoms with Crippen molar-refractivity contribution in [2.75, 3.05) is 18.0 Å². The minimum atomic E-state index is -0.649. The standard InChI is InChI=1S/C31H29F2N5O/c1-4-36-30(39)27-29(38-18-26(19(2)3)34-31(36)38)37(17-20-14-24(32)16-25(33)15-20)28(35-27)23-12-10-22(11-13-23)21-8-6-5-7-9-21/h5-16,19,26H,4,17-18H2,1-3H3/t26-/m0/s1. The van der Waals surface area contributed by atoms with Gasteiger partial charge in [0.05, 0.1) is 19.1 Å². The molecule has 1 aromatic heterocycles. The lowest BCUT2D eigenvalue weighted by Gasteiger charge is -2.33. The summed E-state index contributed by atoms with van der Waals surface area (Å²) in [7, 11) is 0. The molecule has 0 N–H and O–H groups in total. The molecule has 0 radical (unpaired) electrons. The number of hydrogen-bond donors (Lipinski definition) is 0. The van der Waals surface area contributed by atoms with Crippen LogP contribution in [0.25, 0.3) is 22.5 Å². The molecule has 198 valence electrons. The number of aliphatic imine (C=N–C) groups is 1. The number of aromatic nitrogens is 2. The minimum Gasteiger partial charge on any atom is -0.305 e. The van der Waals surface area contributed by atoms with Gasteiger partial charge in [-0.05, 0) is 41.7 Å². The number of carbonyl (C=O) groups excluding carboxylic acids is 1. The number of amides is 1. The number of imidazole rings is 1. The van der Waals surface area contributed by atoms with Crippen molar-refractivity contribution in [1.82, 2.24) is 14.5 Å². The van der Waals surface area contributed by atoms with E-state index in [1.54, 1.807) is 4.90 Å². The van der Waals surface area contributed by atoms with E-state index in [1.165, 1.54) is 12.1 Å². The van der Waals surface area contributed by atoms with Gasteiger partial charge in [0.1, 0.15) is 23.3 Å². The van der Waals surface area contributed by atoms with Gasteiger partial charge in [-0.1, -0.05) is 68.4 Å². The second-order valence-corrected chi connectivity index (χ2v) is 10.3. The summed E-state index contributed by atoms with van der Waals surface area (Å²) in [4.78, 5) is 27.1. The smallest absolute Gasteiger partial charge is 0.283 e. The first-order valence-electron chi connectivity index (χ1n) is 13.2. The summed E-state index contributed by atoms with van der Waals surface area (Å²) in [5, 5.41) is 0. The molecule has 0 bridgehead atoms. The summed E-state index contributed by atoms with van der Waals surface area (Å²) in [5.74, 6) is 0.526. The predicted molar refractivity (Wildman–Crippen MR) is 149 cm³/mol. The Kier molecular flexibility index (Phi) is 6.25. The maximum Gasteiger partial charge on any atom is 0.283 e. The first kappa shape index (κ1) is 25.0. The quantitative estimate of drug-likeness (QED) is 0.300. The SMILES string of the molecule is CCN1C(=O)c2nc(-c3ccc(-c4ccccc4)cc3)n(Cc3cc(F)cc(F)c3)c2N2C[C@@H](C(C)C)N=C12. The van der Waals surface area contributed by atoms with Crippen LogP contribution in [0.15, 0.2) is 77.8 Å². The van der Waals surface area contributed by atoms with Gasteiger partial charge in [-0.15, -0.1) is 0 Å². The number of guanidine groups is 1. The molecule has 0 saturated carbocycles. The van der Waals surface area contributed by atoms with Crippen LogP contribution in [0.3, 0.4) is 0 Å². The van der Waals surface area contributed by atoms with Gasteiger partial charge in [-0.2, -0.15) is 0 Å². The van der Waals surface area contributed by atoms with Crippen LogP contribution in [-0.2, 0) is 6.54 Å². The second-order valence-electron chi connectivity index (χ2n) is 10.3. The van der Waals surface area contributed by atoms with E-state index >= 15 is 0 Å². The van der Waals surface area contributed by atoms with Crippen molar-refractivity contribution in [2.45, 2.75) is 33.4 Å². The van der Waals surface area contributed by atoms with Crippen LogP contribution in [0.4, 0.5) is 14.6 Å². The molecule has 2 aliphatic heterocycles. The summed E-state index contributed by atoms with van der Waals surface area (Å²) in [6.07, 6.45) is 0. The highest BCUT2D eigenvalue weighted by Gasteiger charge is 2.44. The minimum absolute atomic E-state index is 0.0105. The number of benzene rings is 3. The van der Waals surface area contributed by atoms with E-state index in [-0.39, 0.29) is 24.4 Å². The van der Waals surface area contributed by atoms with Crippen LogP contribution >= 0.6 is 0 Å². The molecule has 4 aromatic rings. The van der Waals surface area contributed by atoms with Crippen molar-refractivity contribution in [2.24, 2.45) is 10.9 Å². The van der Waals surface area contributed by atoms with E-state index in [0.29, 0.717) is 41.9 Å². The zero-order chi connectivity index (χ0) is 27.3. The predicted octanol–water partition coefficient (Wildman–Crippen LogP) is 6.22. The number of anilines is 1. The molecule has 3 aromatic carbocycles. The molecule has 6 nitrogen and oxygen atoms in total. The highest BCUT2D eigenvalue weighted by Crippen LogP contribution is 2.38. The summed E-state index contributed by atoms with van der Waals surface area (Å²) in [5.41, 5.74) is 3.71. The normalized spacial score (nSPS) is 16.5. The van der Waals surface area contributed by atoms with Crippen molar-refractivity contribution in [3.63, 3.8) is 0 Å². The zero-order valence-corrected chi connectivity index (χ0v) is 22.1. The van der Waals surface area contributed by atoms with E-state index in [1.807, 2.05) is 71.0 Å². The Hall–Kier alpha value is -4.33. The number of fused-ring (bicyclic) bond motifs is 3. The Balaban J connectivity index is 1.51. The first-order valence-corrected chi connectivity index (χ1v) is 13.2. The lowest BCUT2D eigenvalue weighted by molar-refractivity contribution is 0.0841.